The molecule has 3 heterocycles. The molecule has 4 fully saturated rings. The van der Waals surface area contributed by atoms with Crippen molar-refractivity contribution in [3.8, 4) is 0 Å². The smallest absolute Gasteiger partial charge is 0.404 e. The Hall–Kier alpha value is -2.59. The SMILES string of the molecule is CC1(C)C2CC3OB([C@H](Cc4c[nH]c5ccccc45)NC(=O)CCn4c(=O)sc5ccccc54)OC3(C)C1C2.Cl. The van der Waals surface area contributed by atoms with Gasteiger partial charge < -0.3 is 19.6 Å². The summed E-state index contributed by atoms with van der Waals surface area (Å²) >= 11 is 1.22. The highest BCUT2D eigenvalue weighted by Crippen LogP contribution is 2.65. The number of hydrogen-bond donors (Lipinski definition) is 2. The number of amides is 1. The number of halogens is 1. The number of fused-ring (bicyclic) bond motifs is 2. The zero-order chi connectivity index (χ0) is 26.9. The van der Waals surface area contributed by atoms with Crippen LogP contribution in [0.5, 0.6) is 0 Å². The molecular weight excluding hydrogens is 545 g/mol. The second-order valence-corrected chi connectivity index (χ2v) is 13.3. The van der Waals surface area contributed by atoms with E-state index in [1.807, 2.05) is 42.6 Å². The van der Waals surface area contributed by atoms with E-state index in [9.17, 15) is 9.59 Å². The highest BCUT2D eigenvalue weighted by Gasteiger charge is 2.68. The van der Waals surface area contributed by atoms with Gasteiger partial charge in [0, 0.05) is 30.1 Å². The predicted molar refractivity (Wildman–Crippen MR) is 162 cm³/mol. The molecule has 0 spiro atoms. The fraction of sp³-hybridized carbons (Fsp3) is 0.467. The van der Waals surface area contributed by atoms with E-state index in [-0.39, 0.29) is 52.7 Å². The van der Waals surface area contributed by atoms with Gasteiger partial charge in [0.25, 0.3) is 0 Å². The minimum atomic E-state index is -0.530. The minimum absolute atomic E-state index is 0. The number of rotatable bonds is 7. The molecule has 1 saturated heterocycles. The lowest BCUT2D eigenvalue weighted by Crippen LogP contribution is -2.65. The lowest BCUT2D eigenvalue weighted by Gasteiger charge is -2.64. The number of aromatic nitrogens is 2. The maximum Gasteiger partial charge on any atom is 0.482 e. The normalized spacial score (nSPS) is 27.2. The average molecular weight is 580 g/mol. The van der Waals surface area contributed by atoms with Crippen molar-refractivity contribution < 1.29 is 14.1 Å². The van der Waals surface area contributed by atoms with E-state index in [0.29, 0.717) is 24.8 Å². The molecule has 2 aromatic heterocycles. The van der Waals surface area contributed by atoms with Crippen LogP contribution in [0.4, 0.5) is 0 Å². The molecule has 2 N–H and O–H groups in total. The molecule has 1 amide bonds. The fourth-order valence-corrected chi connectivity index (χ4v) is 8.46. The molecule has 3 aliphatic carbocycles. The van der Waals surface area contributed by atoms with Crippen LogP contribution in [0.1, 0.15) is 45.6 Å². The summed E-state index contributed by atoms with van der Waals surface area (Å²) in [6.45, 7) is 7.24. The van der Waals surface area contributed by atoms with Gasteiger partial charge in [0.1, 0.15) is 0 Å². The van der Waals surface area contributed by atoms with E-state index >= 15 is 0 Å². The summed E-state index contributed by atoms with van der Waals surface area (Å²) in [6, 6.07) is 15.9. The van der Waals surface area contributed by atoms with Gasteiger partial charge in [-0.3, -0.25) is 14.2 Å². The third-order valence-electron chi connectivity index (χ3n) is 9.89. The average Bonchev–Trinajstić information content (AvgIpc) is 3.59. The monoisotopic (exact) mass is 579 g/mol. The Bertz CT molecular complexity index is 1630. The van der Waals surface area contributed by atoms with Crippen LogP contribution in [0.15, 0.2) is 59.5 Å². The molecule has 2 bridgehead atoms. The Kier molecular flexibility index (Phi) is 6.93. The van der Waals surface area contributed by atoms with E-state index < -0.39 is 7.12 Å². The summed E-state index contributed by atoms with van der Waals surface area (Å²) in [4.78, 5) is 29.3. The van der Waals surface area contributed by atoms with Crippen molar-refractivity contribution in [1.82, 2.24) is 14.9 Å². The number of carbonyl (C=O) groups excluding carboxylic acids is 1. The lowest BCUT2D eigenvalue weighted by atomic mass is 9.43. The van der Waals surface area contributed by atoms with Crippen molar-refractivity contribution in [1.29, 1.82) is 0 Å². The molecule has 5 atom stereocenters. The predicted octanol–water partition coefficient (Wildman–Crippen LogP) is 5.35. The molecule has 8 rings (SSSR count). The zero-order valence-corrected chi connectivity index (χ0v) is 24.6. The molecule has 10 heteroatoms. The second-order valence-electron chi connectivity index (χ2n) is 12.3. The summed E-state index contributed by atoms with van der Waals surface area (Å²) in [6.07, 6.45) is 5.03. The van der Waals surface area contributed by atoms with E-state index in [1.165, 1.54) is 17.8 Å². The Balaban J connectivity index is 0.00000289. The maximum absolute atomic E-state index is 13.4. The van der Waals surface area contributed by atoms with Gasteiger partial charge in [0.15, 0.2) is 0 Å². The molecule has 4 aliphatic rings. The number of aromatic amines is 1. The topological polar surface area (TPSA) is 85.4 Å². The number of thiazole rings is 1. The minimum Gasteiger partial charge on any atom is -0.404 e. The van der Waals surface area contributed by atoms with Crippen molar-refractivity contribution >= 4 is 57.9 Å². The van der Waals surface area contributed by atoms with Gasteiger partial charge in [-0.05, 0) is 67.2 Å². The molecular formula is C30H35BClN3O4S. The summed E-state index contributed by atoms with van der Waals surface area (Å²) < 4.78 is 16.0. The highest BCUT2D eigenvalue weighted by molar-refractivity contribution is 7.16. The van der Waals surface area contributed by atoms with Gasteiger partial charge in [0.05, 0.1) is 27.9 Å². The van der Waals surface area contributed by atoms with Gasteiger partial charge in [-0.2, -0.15) is 0 Å². The summed E-state index contributed by atoms with van der Waals surface area (Å²) in [5.74, 6) is 0.638. The molecule has 1 aliphatic heterocycles. The van der Waals surface area contributed by atoms with Crippen LogP contribution in [0, 0.1) is 17.3 Å². The molecule has 210 valence electrons. The van der Waals surface area contributed by atoms with Crippen molar-refractivity contribution in [2.24, 2.45) is 17.3 Å². The van der Waals surface area contributed by atoms with Crippen LogP contribution < -0.4 is 10.2 Å². The third-order valence-corrected chi connectivity index (χ3v) is 10.9. The number of aryl methyl sites for hydroxylation is 1. The molecule has 7 nitrogen and oxygen atoms in total. The lowest BCUT2D eigenvalue weighted by molar-refractivity contribution is -0.199. The number of para-hydroxylation sites is 2. The van der Waals surface area contributed by atoms with Crippen molar-refractivity contribution in [2.45, 2.75) is 70.6 Å². The molecule has 40 heavy (non-hydrogen) atoms. The standard InChI is InChI=1S/C30H34BN3O4S.ClH/c1-29(2)19-15-24(29)30(3)25(16-19)37-31(38-30)26(14-18-17-32-21-9-5-4-8-20(18)21)33-27(35)12-13-34-22-10-6-7-11-23(22)39-28(34)36;/h4-11,17,19,24-26,32H,12-16H2,1-3H3,(H,33,35);1H/t19?,24?,25?,26-,30?;/m0./s1. The van der Waals surface area contributed by atoms with Crippen LogP contribution in [-0.4, -0.2) is 40.2 Å². The summed E-state index contributed by atoms with van der Waals surface area (Å²) in [5, 5.41) is 4.39. The first-order valence-corrected chi connectivity index (χ1v) is 14.8. The fourth-order valence-electron chi connectivity index (χ4n) is 7.54. The van der Waals surface area contributed by atoms with Crippen molar-refractivity contribution in [2.75, 3.05) is 0 Å². The quantitative estimate of drug-likeness (QED) is 0.289. The second kappa shape index (κ2) is 10.0. The summed E-state index contributed by atoms with van der Waals surface area (Å²) in [5.41, 5.74) is 2.95. The van der Waals surface area contributed by atoms with Crippen LogP contribution in [0.2, 0.25) is 0 Å². The van der Waals surface area contributed by atoms with E-state index in [1.54, 1.807) is 4.57 Å². The van der Waals surface area contributed by atoms with E-state index in [0.717, 1.165) is 33.1 Å². The molecule has 2 aromatic carbocycles. The van der Waals surface area contributed by atoms with Crippen LogP contribution in [-0.2, 0) is 27.1 Å². The number of H-pyrrole nitrogens is 1. The van der Waals surface area contributed by atoms with Gasteiger partial charge in [-0.25, -0.2) is 0 Å². The van der Waals surface area contributed by atoms with Crippen molar-refractivity contribution in [3.05, 3.63) is 70.0 Å². The molecule has 0 radical (unpaired) electrons. The zero-order valence-electron chi connectivity index (χ0n) is 23.0. The number of benzene rings is 2. The van der Waals surface area contributed by atoms with E-state index in [2.05, 4.69) is 43.2 Å². The molecule has 4 aromatic rings. The molecule has 4 unspecified atom stereocenters. The van der Waals surface area contributed by atoms with Gasteiger partial charge in [-0.15, -0.1) is 12.4 Å². The van der Waals surface area contributed by atoms with Crippen LogP contribution in [0.25, 0.3) is 21.1 Å². The number of nitrogens with zero attached hydrogens (tertiary/aromatic N) is 1. The first kappa shape index (κ1) is 27.6. The van der Waals surface area contributed by atoms with E-state index in [4.69, 9.17) is 9.31 Å². The third kappa shape index (κ3) is 4.33. The first-order valence-electron chi connectivity index (χ1n) is 14.0. The number of hydrogen-bond acceptors (Lipinski definition) is 5. The number of carbonyl (C=O) groups is 1. The Labute approximate surface area is 244 Å². The highest BCUT2D eigenvalue weighted by atomic mass is 35.5. The van der Waals surface area contributed by atoms with Gasteiger partial charge in [0.2, 0.25) is 5.91 Å². The van der Waals surface area contributed by atoms with Gasteiger partial charge >= 0.3 is 12.0 Å². The van der Waals surface area contributed by atoms with Gasteiger partial charge in [-0.1, -0.05) is 55.5 Å². The largest absolute Gasteiger partial charge is 0.482 e. The Morgan fingerprint density at radius 3 is 2.77 bits per heavy atom. The van der Waals surface area contributed by atoms with Crippen molar-refractivity contribution in [3.63, 3.8) is 0 Å². The summed E-state index contributed by atoms with van der Waals surface area (Å²) in [7, 11) is -0.530. The first-order chi connectivity index (χ1) is 18.7. The Morgan fingerprint density at radius 2 is 1.95 bits per heavy atom. The molecule has 3 saturated carbocycles. The van der Waals surface area contributed by atoms with Crippen LogP contribution in [0.3, 0.4) is 0 Å². The Morgan fingerprint density at radius 1 is 1.18 bits per heavy atom. The number of nitrogens with one attached hydrogen (secondary N) is 2. The maximum atomic E-state index is 13.4. The van der Waals surface area contributed by atoms with Crippen LogP contribution >= 0.6 is 23.7 Å².